The van der Waals surface area contributed by atoms with E-state index in [0.717, 1.165) is 0 Å². The molecular weight excluding hydrogens is 195 g/mol. The van der Waals surface area contributed by atoms with Crippen LogP contribution in [0.25, 0.3) is 0 Å². The Morgan fingerprint density at radius 2 is 1.80 bits per heavy atom. The van der Waals surface area contributed by atoms with Gasteiger partial charge in [-0.15, -0.1) is 0 Å². The molecule has 1 fully saturated rings. The molecule has 0 aromatic rings. The lowest BCUT2D eigenvalue weighted by Crippen LogP contribution is -2.51. The summed E-state index contributed by atoms with van der Waals surface area (Å²) < 4.78 is 19.0. The van der Waals surface area contributed by atoms with Gasteiger partial charge in [-0.1, -0.05) is 20.8 Å². The zero-order chi connectivity index (χ0) is 11.9. The monoisotopic (exact) mass is 216 g/mol. The highest BCUT2D eigenvalue weighted by molar-refractivity contribution is 5.91. The number of ether oxygens (including phenoxy) is 1. The molecule has 0 aromatic carbocycles. The molecule has 1 unspecified atom stereocenters. The quantitative estimate of drug-likeness (QED) is 0.673. The highest BCUT2D eigenvalue weighted by Crippen LogP contribution is 2.37. The van der Waals surface area contributed by atoms with Crippen molar-refractivity contribution >= 4 is 5.78 Å². The van der Waals surface area contributed by atoms with Crippen LogP contribution in [-0.2, 0) is 9.53 Å². The first-order valence-corrected chi connectivity index (χ1v) is 5.45. The Morgan fingerprint density at radius 1 is 1.27 bits per heavy atom. The fourth-order valence-corrected chi connectivity index (χ4v) is 1.93. The first-order chi connectivity index (χ1) is 6.57. The number of carbonyl (C=O) groups is 1. The van der Waals surface area contributed by atoms with Crippen LogP contribution in [0, 0.1) is 5.41 Å². The standard InChI is InChI=1S/C12H21FO2/c1-10(2,3)9(14)12(5)7-6-11(4,13)8-15-12/h6-8H2,1-5H3/t11?,12-/m1/s1. The molecule has 3 heteroatoms. The summed E-state index contributed by atoms with van der Waals surface area (Å²) in [6.45, 7) is 8.92. The number of alkyl halides is 1. The molecule has 88 valence electrons. The minimum Gasteiger partial charge on any atom is -0.364 e. The van der Waals surface area contributed by atoms with Crippen molar-refractivity contribution in [3.8, 4) is 0 Å². The average Bonchev–Trinajstić information content (AvgIpc) is 2.08. The van der Waals surface area contributed by atoms with Crippen molar-refractivity contribution in [2.75, 3.05) is 6.61 Å². The van der Waals surface area contributed by atoms with Crippen LogP contribution in [0.4, 0.5) is 4.39 Å². The van der Waals surface area contributed by atoms with Gasteiger partial charge in [-0.05, 0) is 26.7 Å². The molecule has 0 bridgehead atoms. The second-order valence-corrected chi connectivity index (χ2v) is 6.01. The van der Waals surface area contributed by atoms with Crippen LogP contribution < -0.4 is 0 Å². The van der Waals surface area contributed by atoms with Gasteiger partial charge in [-0.2, -0.15) is 0 Å². The summed E-state index contributed by atoms with van der Waals surface area (Å²) in [7, 11) is 0. The predicted molar refractivity (Wildman–Crippen MR) is 57.6 cm³/mol. The number of carbonyl (C=O) groups excluding carboxylic acids is 1. The van der Waals surface area contributed by atoms with Crippen LogP contribution in [0.5, 0.6) is 0 Å². The van der Waals surface area contributed by atoms with Crippen molar-refractivity contribution in [1.82, 2.24) is 0 Å². The van der Waals surface area contributed by atoms with Gasteiger partial charge in [0.15, 0.2) is 5.78 Å². The summed E-state index contributed by atoms with van der Waals surface area (Å²) in [6, 6.07) is 0. The second-order valence-electron chi connectivity index (χ2n) is 6.01. The lowest BCUT2D eigenvalue weighted by Gasteiger charge is -2.41. The van der Waals surface area contributed by atoms with E-state index >= 15 is 0 Å². The lowest BCUT2D eigenvalue weighted by molar-refractivity contribution is -0.169. The van der Waals surface area contributed by atoms with Gasteiger partial charge in [0.1, 0.15) is 11.3 Å². The number of hydrogen-bond acceptors (Lipinski definition) is 2. The van der Waals surface area contributed by atoms with E-state index in [-0.39, 0.29) is 12.4 Å². The van der Waals surface area contributed by atoms with Crippen molar-refractivity contribution in [3.63, 3.8) is 0 Å². The Morgan fingerprint density at radius 3 is 2.13 bits per heavy atom. The van der Waals surface area contributed by atoms with E-state index in [2.05, 4.69) is 0 Å². The van der Waals surface area contributed by atoms with Gasteiger partial charge in [0.05, 0.1) is 6.61 Å². The molecule has 1 rings (SSSR count). The normalized spacial score (nSPS) is 37.7. The Kier molecular flexibility index (Phi) is 2.99. The van der Waals surface area contributed by atoms with Crippen molar-refractivity contribution < 1.29 is 13.9 Å². The molecule has 2 nitrogen and oxygen atoms in total. The maximum atomic E-state index is 13.5. The molecule has 1 saturated heterocycles. The smallest absolute Gasteiger partial charge is 0.169 e. The van der Waals surface area contributed by atoms with Crippen LogP contribution in [-0.4, -0.2) is 23.7 Å². The van der Waals surface area contributed by atoms with Gasteiger partial charge in [0.25, 0.3) is 0 Å². The van der Waals surface area contributed by atoms with E-state index in [0.29, 0.717) is 12.8 Å². The SMILES string of the molecule is CC1(F)CC[C@](C)(C(=O)C(C)(C)C)OC1. The molecule has 1 heterocycles. The van der Waals surface area contributed by atoms with E-state index in [1.165, 1.54) is 6.92 Å². The molecule has 0 spiro atoms. The number of ketones is 1. The minimum absolute atomic E-state index is 0.0192. The van der Waals surface area contributed by atoms with Crippen LogP contribution in [0.1, 0.15) is 47.5 Å². The third-order valence-electron chi connectivity index (χ3n) is 2.98. The van der Waals surface area contributed by atoms with E-state index < -0.39 is 16.7 Å². The zero-order valence-corrected chi connectivity index (χ0v) is 10.3. The number of Topliss-reactive ketones (excluding diaryl/α,β-unsaturated/α-hetero) is 1. The summed E-state index contributed by atoms with van der Waals surface area (Å²) >= 11 is 0. The maximum Gasteiger partial charge on any atom is 0.169 e. The van der Waals surface area contributed by atoms with Crippen LogP contribution in [0.15, 0.2) is 0 Å². The Balaban J connectivity index is 2.75. The number of hydrogen-bond donors (Lipinski definition) is 0. The lowest BCUT2D eigenvalue weighted by atomic mass is 9.76. The molecule has 15 heavy (non-hydrogen) atoms. The third kappa shape index (κ3) is 2.77. The molecule has 0 N–H and O–H groups in total. The minimum atomic E-state index is -1.28. The topological polar surface area (TPSA) is 26.3 Å². The summed E-state index contributed by atoms with van der Waals surface area (Å²) in [5.74, 6) is 0.0606. The second kappa shape index (κ2) is 3.55. The number of halogens is 1. The Hall–Kier alpha value is -0.440. The van der Waals surface area contributed by atoms with Crippen LogP contribution >= 0.6 is 0 Å². The first kappa shape index (κ1) is 12.6. The van der Waals surface area contributed by atoms with Crippen LogP contribution in [0.3, 0.4) is 0 Å². The van der Waals surface area contributed by atoms with E-state index in [1.54, 1.807) is 6.92 Å². The van der Waals surface area contributed by atoms with Crippen molar-refractivity contribution in [3.05, 3.63) is 0 Å². The Bertz CT molecular complexity index is 253. The summed E-state index contributed by atoms with van der Waals surface area (Å²) in [5.41, 5.74) is -2.51. The summed E-state index contributed by atoms with van der Waals surface area (Å²) in [4.78, 5) is 12.1. The van der Waals surface area contributed by atoms with Crippen LogP contribution in [0.2, 0.25) is 0 Å². The molecule has 0 amide bonds. The van der Waals surface area contributed by atoms with Gasteiger partial charge < -0.3 is 4.74 Å². The van der Waals surface area contributed by atoms with Crippen molar-refractivity contribution in [1.29, 1.82) is 0 Å². The Labute approximate surface area is 91.2 Å². The molecule has 1 aliphatic heterocycles. The summed E-state index contributed by atoms with van der Waals surface area (Å²) in [5, 5.41) is 0. The van der Waals surface area contributed by atoms with Gasteiger partial charge in [-0.25, -0.2) is 4.39 Å². The zero-order valence-electron chi connectivity index (χ0n) is 10.3. The fourth-order valence-electron chi connectivity index (χ4n) is 1.93. The molecule has 0 aromatic heterocycles. The highest BCUT2D eigenvalue weighted by atomic mass is 19.1. The predicted octanol–water partition coefficient (Wildman–Crippen LogP) is 2.90. The number of rotatable bonds is 1. The van der Waals surface area contributed by atoms with E-state index in [1.807, 2.05) is 20.8 Å². The van der Waals surface area contributed by atoms with E-state index in [4.69, 9.17) is 4.74 Å². The van der Waals surface area contributed by atoms with Gasteiger partial charge in [0.2, 0.25) is 0 Å². The molecule has 0 radical (unpaired) electrons. The third-order valence-corrected chi connectivity index (χ3v) is 2.98. The largest absolute Gasteiger partial charge is 0.364 e. The van der Waals surface area contributed by atoms with Gasteiger partial charge in [0, 0.05) is 5.41 Å². The molecular formula is C12H21FO2. The average molecular weight is 216 g/mol. The van der Waals surface area contributed by atoms with E-state index in [9.17, 15) is 9.18 Å². The van der Waals surface area contributed by atoms with Gasteiger partial charge >= 0.3 is 0 Å². The molecule has 0 aliphatic carbocycles. The fraction of sp³-hybridized carbons (Fsp3) is 0.917. The maximum absolute atomic E-state index is 13.5. The molecule has 0 saturated carbocycles. The molecule has 1 aliphatic rings. The van der Waals surface area contributed by atoms with Gasteiger partial charge in [-0.3, -0.25) is 4.79 Å². The first-order valence-electron chi connectivity index (χ1n) is 5.45. The molecule has 2 atom stereocenters. The van der Waals surface area contributed by atoms with Crippen molar-refractivity contribution in [2.24, 2.45) is 5.41 Å². The van der Waals surface area contributed by atoms with Crippen molar-refractivity contribution in [2.45, 2.75) is 58.7 Å². The summed E-state index contributed by atoms with van der Waals surface area (Å²) in [6.07, 6.45) is 0.863. The highest BCUT2D eigenvalue weighted by Gasteiger charge is 2.46.